The number of alkyl halides is 1. The number of hydrogen-bond donors (Lipinski definition) is 1. The van der Waals surface area contributed by atoms with Gasteiger partial charge in [-0.2, -0.15) is 0 Å². The topological polar surface area (TPSA) is 29.1 Å². The Bertz CT molecular complexity index is 697. The number of rotatable bonds is 2. The average molecular weight is 395 g/mol. The molecule has 2 nitrogen and oxygen atoms in total. The first-order valence-electron chi connectivity index (χ1n) is 6.38. The van der Waals surface area contributed by atoms with Crippen molar-refractivity contribution in [1.29, 1.82) is 0 Å². The quantitative estimate of drug-likeness (QED) is 0.732. The van der Waals surface area contributed by atoms with Gasteiger partial charge < -0.3 is 5.32 Å². The highest BCUT2D eigenvalue weighted by molar-refractivity contribution is 9.10. The summed E-state index contributed by atoms with van der Waals surface area (Å²) in [6, 6.07) is 12.4. The lowest BCUT2D eigenvalue weighted by atomic mass is 9.98. The van der Waals surface area contributed by atoms with Gasteiger partial charge in [0.25, 0.3) is 0 Å². The van der Waals surface area contributed by atoms with Gasteiger partial charge in [0.15, 0.2) is 0 Å². The Labute approximate surface area is 134 Å². The number of anilines is 1. The molecule has 1 N–H and O–H groups in total. The van der Waals surface area contributed by atoms with Crippen molar-refractivity contribution in [3.63, 3.8) is 0 Å². The summed E-state index contributed by atoms with van der Waals surface area (Å²) in [5, 5.41) is 2.86. The van der Waals surface area contributed by atoms with Gasteiger partial charge in [0.05, 0.1) is 11.2 Å². The minimum absolute atomic E-state index is 0.0712. The predicted octanol–water partition coefficient (Wildman–Crippen LogP) is 4.74. The Morgan fingerprint density at radius 1 is 1.25 bits per heavy atom. The molecule has 2 aromatic rings. The van der Waals surface area contributed by atoms with Crippen molar-refractivity contribution < 1.29 is 4.79 Å². The van der Waals surface area contributed by atoms with E-state index in [9.17, 15) is 4.79 Å². The zero-order valence-corrected chi connectivity index (χ0v) is 14.1. The van der Waals surface area contributed by atoms with Crippen LogP contribution in [0.3, 0.4) is 0 Å². The van der Waals surface area contributed by atoms with Gasteiger partial charge in [-0.25, -0.2) is 0 Å². The standard InChI is InChI=1S/C16H13Br2NO/c1-9-12(3-2-4-13(9)17)16(18)10-5-6-14-11(7-10)8-15(20)19-14/h2-7,16H,8H2,1H3,(H,19,20). The van der Waals surface area contributed by atoms with E-state index < -0.39 is 0 Å². The molecule has 4 heteroatoms. The van der Waals surface area contributed by atoms with Crippen LogP contribution < -0.4 is 5.32 Å². The Morgan fingerprint density at radius 2 is 2.05 bits per heavy atom. The Morgan fingerprint density at radius 3 is 2.85 bits per heavy atom. The van der Waals surface area contributed by atoms with Gasteiger partial charge >= 0.3 is 0 Å². The molecule has 0 spiro atoms. The summed E-state index contributed by atoms with van der Waals surface area (Å²) in [6.07, 6.45) is 0.473. The molecule has 1 heterocycles. The molecule has 0 bridgehead atoms. The van der Waals surface area contributed by atoms with E-state index in [1.54, 1.807) is 0 Å². The van der Waals surface area contributed by atoms with E-state index in [1.807, 2.05) is 18.2 Å². The van der Waals surface area contributed by atoms with Gasteiger partial charge in [-0.15, -0.1) is 0 Å². The van der Waals surface area contributed by atoms with Crippen LogP contribution in [-0.2, 0) is 11.2 Å². The van der Waals surface area contributed by atoms with Crippen molar-refractivity contribution in [2.75, 3.05) is 5.32 Å². The van der Waals surface area contributed by atoms with E-state index >= 15 is 0 Å². The summed E-state index contributed by atoms with van der Waals surface area (Å²) in [5.74, 6) is 0.0712. The minimum Gasteiger partial charge on any atom is -0.326 e. The lowest BCUT2D eigenvalue weighted by Crippen LogP contribution is -2.03. The summed E-state index contributed by atoms with van der Waals surface area (Å²) < 4.78 is 1.11. The number of nitrogens with one attached hydrogen (secondary N) is 1. The number of halogens is 2. The van der Waals surface area contributed by atoms with Gasteiger partial charge in [-0.1, -0.05) is 56.1 Å². The summed E-state index contributed by atoms with van der Waals surface area (Å²) in [7, 11) is 0. The van der Waals surface area contributed by atoms with Crippen LogP contribution in [0.2, 0.25) is 0 Å². The molecule has 1 aliphatic heterocycles. The SMILES string of the molecule is Cc1c(Br)cccc1C(Br)c1ccc2c(c1)CC(=O)N2. The molecule has 0 radical (unpaired) electrons. The van der Waals surface area contributed by atoms with Crippen LogP contribution in [0.5, 0.6) is 0 Å². The zero-order valence-electron chi connectivity index (χ0n) is 10.9. The third-order valence-electron chi connectivity index (χ3n) is 3.63. The normalized spacial score (nSPS) is 14.8. The molecule has 1 atom stereocenters. The lowest BCUT2D eigenvalue weighted by Gasteiger charge is -2.15. The van der Waals surface area contributed by atoms with E-state index in [2.05, 4.69) is 62.3 Å². The molecule has 1 amide bonds. The van der Waals surface area contributed by atoms with Crippen LogP contribution in [0.15, 0.2) is 40.9 Å². The van der Waals surface area contributed by atoms with Crippen molar-refractivity contribution in [2.24, 2.45) is 0 Å². The second-order valence-electron chi connectivity index (χ2n) is 4.96. The number of hydrogen-bond acceptors (Lipinski definition) is 1. The number of amides is 1. The summed E-state index contributed by atoms with van der Waals surface area (Å²) in [4.78, 5) is 11.5. The third-order valence-corrected chi connectivity index (χ3v) is 5.51. The molecule has 0 saturated carbocycles. The predicted molar refractivity (Wildman–Crippen MR) is 88.4 cm³/mol. The Hall–Kier alpha value is -1.13. The first kappa shape index (κ1) is 13.8. The fourth-order valence-electron chi connectivity index (χ4n) is 2.49. The first-order valence-corrected chi connectivity index (χ1v) is 8.09. The molecule has 0 saturated heterocycles. The molecule has 3 rings (SSSR count). The largest absolute Gasteiger partial charge is 0.326 e. The number of benzene rings is 2. The van der Waals surface area contributed by atoms with Crippen LogP contribution in [0.25, 0.3) is 0 Å². The second-order valence-corrected chi connectivity index (χ2v) is 6.73. The van der Waals surface area contributed by atoms with Gasteiger partial charge in [0.1, 0.15) is 0 Å². The monoisotopic (exact) mass is 393 g/mol. The van der Waals surface area contributed by atoms with Gasteiger partial charge in [0.2, 0.25) is 5.91 Å². The first-order chi connectivity index (χ1) is 9.56. The van der Waals surface area contributed by atoms with Crippen LogP contribution in [0.1, 0.15) is 27.1 Å². The van der Waals surface area contributed by atoms with E-state index in [1.165, 1.54) is 16.7 Å². The Kier molecular flexibility index (Phi) is 3.69. The summed E-state index contributed by atoms with van der Waals surface area (Å²) >= 11 is 7.35. The van der Waals surface area contributed by atoms with Crippen molar-refractivity contribution in [1.82, 2.24) is 0 Å². The van der Waals surface area contributed by atoms with Crippen LogP contribution in [0.4, 0.5) is 5.69 Å². The third kappa shape index (κ3) is 2.42. The maximum absolute atomic E-state index is 11.4. The zero-order chi connectivity index (χ0) is 14.3. The Balaban J connectivity index is 1.99. The fraction of sp³-hybridized carbons (Fsp3) is 0.188. The average Bonchev–Trinajstić information content (AvgIpc) is 2.80. The number of fused-ring (bicyclic) bond motifs is 1. The molecule has 1 aliphatic rings. The summed E-state index contributed by atoms with van der Waals surface area (Å²) in [5.41, 5.74) is 5.64. The minimum atomic E-state index is 0.0712. The van der Waals surface area contributed by atoms with Gasteiger partial charge in [-0.3, -0.25) is 4.79 Å². The van der Waals surface area contributed by atoms with Crippen LogP contribution in [-0.4, -0.2) is 5.91 Å². The molecule has 0 aliphatic carbocycles. The van der Waals surface area contributed by atoms with E-state index in [0.717, 1.165) is 15.7 Å². The molecular weight excluding hydrogens is 382 g/mol. The van der Waals surface area contributed by atoms with Crippen molar-refractivity contribution >= 4 is 43.5 Å². The van der Waals surface area contributed by atoms with Crippen molar-refractivity contribution in [3.05, 3.63) is 63.1 Å². The molecule has 1 unspecified atom stereocenters. The van der Waals surface area contributed by atoms with Gasteiger partial charge in [0, 0.05) is 10.2 Å². The fourth-order valence-corrected chi connectivity index (χ4v) is 3.65. The van der Waals surface area contributed by atoms with Gasteiger partial charge in [-0.05, 0) is 41.3 Å². The van der Waals surface area contributed by atoms with Crippen LogP contribution >= 0.6 is 31.9 Å². The van der Waals surface area contributed by atoms with E-state index in [-0.39, 0.29) is 10.7 Å². The lowest BCUT2D eigenvalue weighted by molar-refractivity contribution is -0.115. The number of carbonyl (C=O) groups excluding carboxylic acids is 1. The molecule has 102 valence electrons. The summed E-state index contributed by atoms with van der Waals surface area (Å²) in [6.45, 7) is 2.10. The molecule has 0 fully saturated rings. The maximum atomic E-state index is 11.4. The smallest absolute Gasteiger partial charge is 0.228 e. The second kappa shape index (κ2) is 5.34. The maximum Gasteiger partial charge on any atom is 0.228 e. The molecule has 20 heavy (non-hydrogen) atoms. The highest BCUT2D eigenvalue weighted by Crippen LogP contribution is 2.37. The van der Waals surface area contributed by atoms with E-state index in [0.29, 0.717) is 6.42 Å². The highest BCUT2D eigenvalue weighted by Gasteiger charge is 2.20. The van der Waals surface area contributed by atoms with Crippen LogP contribution in [0, 0.1) is 6.92 Å². The highest BCUT2D eigenvalue weighted by atomic mass is 79.9. The molecular formula is C16H13Br2NO. The number of carbonyl (C=O) groups is 1. The van der Waals surface area contributed by atoms with E-state index in [4.69, 9.17) is 0 Å². The molecule has 0 aromatic heterocycles. The molecule has 2 aromatic carbocycles. The van der Waals surface area contributed by atoms with Crippen molar-refractivity contribution in [2.45, 2.75) is 18.2 Å². The van der Waals surface area contributed by atoms with Crippen molar-refractivity contribution in [3.8, 4) is 0 Å².